The Morgan fingerprint density at radius 3 is 2.69 bits per heavy atom. The van der Waals surface area contributed by atoms with E-state index in [0.29, 0.717) is 0 Å². The summed E-state index contributed by atoms with van der Waals surface area (Å²) >= 11 is 0. The molecular weight excluding hydrogens is 336 g/mol. The van der Waals surface area contributed by atoms with Crippen molar-refractivity contribution in [2.75, 3.05) is 11.9 Å². The van der Waals surface area contributed by atoms with Crippen molar-refractivity contribution in [3.8, 4) is 5.75 Å². The van der Waals surface area contributed by atoms with Crippen molar-refractivity contribution in [3.05, 3.63) is 50.9 Å². The largest absolute Gasteiger partial charge is 0.501 e. The molecule has 1 aromatic carbocycles. The molecule has 1 aliphatic heterocycles. The molecule has 0 saturated heterocycles. The number of hydrogen-bond donors (Lipinski definition) is 2. The summed E-state index contributed by atoms with van der Waals surface area (Å²) in [6.07, 6.45) is 0.142. The van der Waals surface area contributed by atoms with Crippen molar-refractivity contribution >= 4 is 17.8 Å². The summed E-state index contributed by atoms with van der Waals surface area (Å²) in [5, 5.41) is 12.7. The first-order chi connectivity index (χ1) is 12.3. The van der Waals surface area contributed by atoms with E-state index in [0.717, 1.165) is 16.7 Å². The van der Waals surface area contributed by atoms with Crippen LogP contribution >= 0.6 is 0 Å². The zero-order valence-corrected chi connectivity index (χ0v) is 14.9. The lowest BCUT2D eigenvalue weighted by molar-refractivity contribution is -0.119. The second-order valence-electron chi connectivity index (χ2n) is 6.37. The zero-order chi connectivity index (χ0) is 19.0. The molecule has 8 heteroatoms. The van der Waals surface area contributed by atoms with Gasteiger partial charge in [-0.25, -0.2) is 4.98 Å². The SMILES string of the molecule is Cc1ccc(CNC(=O)c2nc3n(c(=O)c2O)CCC(=O)N3C)cc1C. The summed E-state index contributed by atoms with van der Waals surface area (Å²) in [6, 6.07) is 5.81. The van der Waals surface area contributed by atoms with Crippen LogP contribution in [0.3, 0.4) is 0 Å². The van der Waals surface area contributed by atoms with E-state index in [1.807, 2.05) is 32.0 Å². The van der Waals surface area contributed by atoms with E-state index in [1.165, 1.54) is 16.5 Å². The Kier molecular flexibility index (Phi) is 4.50. The van der Waals surface area contributed by atoms with Crippen molar-refractivity contribution in [1.82, 2.24) is 14.9 Å². The minimum Gasteiger partial charge on any atom is -0.501 e. The van der Waals surface area contributed by atoms with Gasteiger partial charge in [0.15, 0.2) is 5.69 Å². The number of aromatic nitrogens is 2. The number of aryl methyl sites for hydroxylation is 2. The molecule has 1 aliphatic rings. The number of rotatable bonds is 3. The first-order valence-electron chi connectivity index (χ1n) is 8.24. The third kappa shape index (κ3) is 3.05. The number of aromatic hydroxyl groups is 1. The lowest BCUT2D eigenvalue weighted by Gasteiger charge is -2.26. The lowest BCUT2D eigenvalue weighted by Crippen LogP contribution is -2.41. The van der Waals surface area contributed by atoms with Crippen LogP contribution in [0.15, 0.2) is 23.0 Å². The average molecular weight is 356 g/mol. The van der Waals surface area contributed by atoms with E-state index in [4.69, 9.17) is 0 Å². The zero-order valence-electron chi connectivity index (χ0n) is 14.9. The minimum atomic E-state index is -0.731. The number of carbonyl (C=O) groups excluding carboxylic acids is 2. The Morgan fingerprint density at radius 2 is 2.00 bits per heavy atom. The molecule has 2 amide bonds. The van der Waals surface area contributed by atoms with Crippen molar-refractivity contribution in [1.29, 1.82) is 0 Å². The summed E-state index contributed by atoms with van der Waals surface area (Å²) in [6.45, 7) is 4.33. The predicted octanol–water partition coefficient (Wildman–Crippen LogP) is 0.862. The van der Waals surface area contributed by atoms with Gasteiger partial charge in [0.1, 0.15) is 0 Å². The van der Waals surface area contributed by atoms with Gasteiger partial charge in [-0.05, 0) is 30.5 Å². The van der Waals surface area contributed by atoms with Crippen LogP contribution in [0.4, 0.5) is 5.95 Å². The molecule has 0 atom stereocenters. The monoisotopic (exact) mass is 356 g/mol. The molecule has 0 bridgehead atoms. The molecule has 136 valence electrons. The van der Waals surface area contributed by atoms with Gasteiger partial charge in [0.2, 0.25) is 17.6 Å². The van der Waals surface area contributed by atoms with Gasteiger partial charge in [0.25, 0.3) is 11.5 Å². The molecule has 0 radical (unpaired) electrons. The van der Waals surface area contributed by atoms with E-state index in [2.05, 4.69) is 10.3 Å². The fourth-order valence-corrected chi connectivity index (χ4v) is 2.82. The van der Waals surface area contributed by atoms with Crippen LogP contribution in [0.25, 0.3) is 0 Å². The molecule has 2 aromatic rings. The maximum absolute atomic E-state index is 12.4. The highest BCUT2D eigenvalue weighted by atomic mass is 16.3. The summed E-state index contributed by atoms with van der Waals surface area (Å²) in [5.41, 5.74) is 2.03. The number of carbonyl (C=O) groups is 2. The number of amides is 2. The topological polar surface area (TPSA) is 105 Å². The van der Waals surface area contributed by atoms with Gasteiger partial charge in [-0.15, -0.1) is 0 Å². The summed E-state index contributed by atoms with van der Waals surface area (Å²) in [5.74, 6) is -1.54. The van der Waals surface area contributed by atoms with Gasteiger partial charge in [-0.1, -0.05) is 18.2 Å². The van der Waals surface area contributed by atoms with Crippen molar-refractivity contribution < 1.29 is 14.7 Å². The van der Waals surface area contributed by atoms with Gasteiger partial charge in [0.05, 0.1) is 0 Å². The molecule has 2 N–H and O–H groups in total. The Balaban J connectivity index is 1.87. The highest BCUT2D eigenvalue weighted by molar-refractivity contribution is 5.96. The Hall–Kier alpha value is -3.16. The molecule has 2 heterocycles. The average Bonchev–Trinajstić information content (AvgIpc) is 2.62. The highest BCUT2D eigenvalue weighted by Crippen LogP contribution is 2.20. The van der Waals surface area contributed by atoms with E-state index < -0.39 is 17.2 Å². The number of fused-ring (bicyclic) bond motifs is 1. The quantitative estimate of drug-likeness (QED) is 0.849. The molecule has 0 fully saturated rings. The standard InChI is InChI=1S/C18H20N4O4/c1-10-4-5-12(8-11(10)2)9-19-16(25)14-15(24)17(26)22-7-6-13(23)21(3)18(22)20-14/h4-5,8,24H,6-7,9H2,1-3H3,(H,19,25). The van der Waals surface area contributed by atoms with Gasteiger partial charge in [-0.3, -0.25) is 23.9 Å². The molecule has 0 saturated carbocycles. The van der Waals surface area contributed by atoms with Crippen LogP contribution < -0.4 is 15.8 Å². The molecule has 26 heavy (non-hydrogen) atoms. The molecule has 0 spiro atoms. The molecule has 1 aromatic heterocycles. The number of hydrogen-bond acceptors (Lipinski definition) is 5. The van der Waals surface area contributed by atoms with Crippen LogP contribution in [0.5, 0.6) is 5.75 Å². The predicted molar refractivity (Wildman–Crippen MR) is 95.3 cm³/mol. The van der Waals surface area contributed by atoms with Crippen LogP contribution in [0.1, 0.15) is 33.6 Å². The van der Waals surface area contributed by atoms with Crippen molar-refractivity contribution in [2.24, 2.45) is 0 Å². The van der Waals surface area contributed by atoms with E-state index in [-0.39, 0.29) is 37.1 Å². The van der Waals surface area contributed by atoms with Gasteiger partial charge < -0.3 is 10.4 Å². The maximum atomic E-state index is 12.4. The molecule has 0 unspecified atom stereocenters. The van der Waals surface area contributed by atoms with E-state index in [9.17, 15) is 19.5 Å². The van der Waals surface area contributed by atoms with E-state index >= 15 is 0 Å². The summed E-state index contributed by atoms with van der Waals surface area (Å²) in [4.78, 5) is 41.8. The van der Waals surface area contributed by atoms with E-state index in [1.54, 1.807) is 0 Å². The normalized spacial score (nSPS) is 13.5. The van der Waals surface area contributed by atoms with Crippen LogP contribution in [-0.2, 0) is 17.9 Å². The second-order valence-corrected chi connectivity index (χ2v) is 6.37. The van der Waals surface area contributed by atoms with Crippen molar-refractivity contribution in [2.45, 2.75) is 33.4 Å². The summed E-state index contributed by atoms with van der Waals surface area (Å²) in [7, 11) is 1.48. The number of nitrogens with one attached hydrogen (secondary N) is 1. The van der Waals surface area contributed by atoms with Gasteiger partial charge in [-0.2, -0.15) is 0 Å². The Bertz CT molecular complexity index is 964. The van der Waals surface area contributed by atoms with Crippen molar-refractivity contribution in [3.63, 3.8) is 0 Å². The first kappa shape index (κ1) is 17.7. The smallest absolute Gasteiger partial charge is 0.297 e. The van der Waals surface area contributed by atoms with Crippen LogP contribution in [0, 0.1) is 13.8 Å². The maximum Gasteiger partial charge on any atom is 0.297 e. The van der Waals surface area contributed by atoms with Crippen LogP contribution in [0.2, 0.25) is 0 Å². The first-order valence-corrected chi connectivity index (χ1v) is 8.24. The molecule has 8 nitrogen and oxygen atoms in total. The second kappa shape index (κ2) is 6.62. The Morgan fingerprint density at radius 1 is 1.27 bits per heavy atom. The van der Waals surface area contributed by atoms with Crippen LogP contribution in [-0.4, -0.2) is 33.5 Å². The minimum absolute atomic E-state index is 0.0559. The highest BCUT2D eigenvalue weighted by Gasteiger charge is 2.28. The fraction of sp³-hybridized carbons (Fsp3) is 0.333. The third-order valence-electron chi connectivity index (χ3n) is 4.59. The third-order valence-corrected chi connectivity index (χ3v) is 4.59. The van der Waals surface area contributed by atoms with Gasteiger partial charge >= 0.3 is 0 Å². The van der Waals surface area contributed by atoms with Gasteiger partial charge in [0, 0.05) is 26.6 Å². The number of anilines is 1. The molecule has 0 aliphatic carbocycles. The fourth-order valence-electron chi connectivity index (χ4n) is 2.82. The summed E-state index contributed by atoms with van der Waals surface area (Å²) < 4.78 is 1.19. The number of nitrogens with zero attached hydrogens (tertiary/aromatic N) is 3. The lowest BCUT2D eigenvalue weighted by atomic mass is 10.1. The molecule has 3 rings (SSSR count). The number of benzene rings is 1. The Labute approximate surface area is 150 Å². The molecular formula is C18H20N4O4.